The lowest BCUT2D eigenvalue weighted by molar-refractivity contribution is -0.111. The van der Waals surface area contributed by atoms with Crippen LogP contribution in [0.1, 0.15) is 49.7 Å². The van der Waals surface area contributed by atoms with E-state index in [0.717, 1.165) is 40.3 Å². The summed E-state index contributed by atoms with van der Waals surface area (Å²) in [6.45, 7) is 2.21. The average Bonchev–Trinajstić information content (AvgIpc) is 3.39. The van der Waals surface area contributed by atoms with Gasteiger partial charge in [-0.1, -0.05) is 36.4 Å². The number of benzene rings is 2. The minimum absolute atomic E-state index is 0.186. The van der Waals surface area contributed by atoms with Crippen molar-refractivity contribution >= 4 is 34.7 Å². The highest BCUT2D eigenvalue weighted by Gasteiger charge is 2.50. The number of carbonyl (C=O) groups excluding carboxylic acids is 1. The van der Waals surface area contributed by atoms with Crippen LogP contribution in [-0.4, -0.2) is 24.4 Å². The first-order valence-electron chi connectivity index (χ1n) is 13.6. The summed E-state index contributed by atoms with van der Waals surface area (Å²) < 4.78 is 0. The van der Waals surface area contributed by atoms with Gasteiger partial charge in [0.15, 0.2) is 0 Å². The summed E-state index contributed by atoms with van der Waals surface area (Å²) in [5, 5.41) is 4.97. The Kier molecular flexibility index (Phi) is 6.68. The van der Waals surface area contributed by atoms with Gasteiger partial charge >= 0.3 is 0 Å². The van der Waals surface area contributed by atoms with Gasteiger partial charge in [-0.3, -0.25) is 4.79 Å². The maximum absolute atomic E-state index is 12.6. The number of anilines is 2. The number of hydrogen-bond donors (Lipinski definition) is 2. The van der Waals surface area contributed by atoms with Crippen LogP contribution in [0, 0.1) is 23.2 Å². The number of nitrogens with two attached hydrogens (primary N) is 1. The van der Waals surface area contributed by atoms with Crippen molar-refractivity contribution in [1.29, 1.82) is 0 Å². The monoisotopic (exact) mass is 511 g/mol. The second-order valence-electron chi connectivity index (χ2n) is 11.9. The lowest BCUT2D eigenvalue weighted by Crippen LogP contribution is -2.50. The highest BCUT2D eigenvalue weighted by atomic mass is 32.1. The fraction of sp³-hybridized carbons (Fsp3) is 0.406. The molecule has 1 amide bonds. The van der Waals surface area contributed by atoms with Gasteiger partial charge in [0.05, 0.1) is 11.4 Å². The van der Waals surface area contributed by atoms with Crippen LogP contribution >= 0.6 is 11.3 Å². The topological polar surface area (TPSA) is 58.4 Å². The molecular weight excluding hydrogens is 474 g/mol. The molecule has 2 aromatic carbocycles. The Morgan fingerprint density at radius 1 is 1.05 bits per heavy atom. The standard InChI is InChI=1S/C32H37N3OS/c1-35(21-32-17-24-13-25(18-32)15-26(14-24)19-32)20-23-6-4-22(5-7-23)8-11-31(36)34-29-16-27(9-10-28(29)33)30-3-2-12-37-30/h2-12,16,24-26H,13-15,17-21,33H2,1H3,(H,34,36)/b11-8+. The summed E-state index contributed by atoms with van der Waals surface area (Å²) in [6, 6.07) is 18.4. The van der Waals surface area contributed by atoms with Crippen molar-refractivity contribution in [3.8, 4) is 10.4 Å². The maximum Gasteiger partial charge on any atom is 0.248 e. The van der Waals surface area contributed by atoms with Gasteiger partial charge in [-0.2, -0.15) is 0 Å². The molecule has 0 spiro atoms. The van der Waals surface area contributed by atoms with Crippen LogP contribution in [0.2, 0.25) is 0 Å². The van der Waals surface area contributed by atoms with E-state index in [4.69, 9.17) is 5.73 Å². The van der Waals surface area contributed by atoms with Crippen LogP contribution in [0.25, 0.3) is 16.5 Å². The van der Waals surface area contributed by atoms with E-state index in [0.29, 0.717) is 16.8 Å². The van der Waals surface area contributed by atoms with Crippen molar-refractivity contribution in [2.45, 2.75) is 45.1 Å². The molecule has 4 aliphatic carbocycles. The third-order valence-corrected chi connectivity index (χ3v) is 9.67. The molecule has 4 bridgehead atoms. The Morgan fingerprint density at radius 3 is 2.41 bits per heavy atom. The number of rotatable bonds is 8. The van der Waals surface area contributed by atoms with E-state index in [1.165, 1.54) is 50.6 Å². The van der Waals surface area contributed by atoms with E-state index in [2.05, 4.69) is 47.6 Å². The summed E-state index contributed by atoms with van der Waals surface area (Å²) in [6.07, 6.45) is 12.3. The fourth-order valence-electron chi connectivity index (χ4n) is 7.76. The van der Waals surface area contributed by atoms with E-state index in [1.54, 1.807) is 17.4 Å². The quantitative estimate of drug-likeness (QED) is 0.246. The Morgan fingerprint density at radius 2 is 1.76 bits per heavy atom. The second-order valence-corrected chi connectivity index (χ2v) is 12.9. The van der Waals surface area contributed by atoms with Gasteiger partial charge in [0.1, 0.15) is 0 Å². The zero-order valence-corrected chi connectivity index (χ0v) is 22.5. The third kappa shape index (κ3) is 5.53. The van der Waals surface area contributed by atoms with Crippen LogP contribution in [0.5, 0.6) is 0 Å². The molecule has 4 saturated carbocycles. The van der Waals surface area contributed by atoms with Gasteiger partial charge in [-0.15, -0.1) is 11.3 Å². The Hall–Kier alpha value is -2.89. The minimum Gasteiger partial charge on any atom is -0.397 e. The highest BCUT2D eigenvalue weighted by Crippen LogP contribution is 2.60. The first kappa shape index (κ1) is 24.4. The Labute approximate surface area is 224 Å². The van der Waals surface area contributed by atoms with Crippen LogP contribution in [0.15, 0.2) is 66.1 Å². The molecule has 4 nitrogen and oxygen atoms in total. The number of thiophene rings is 1. The van der Waals surface area contributed by atoms with E-state index in [1.807, 2.05) is 35.7 Å². The largest absolute Gasteiger partial charge is 0.397 e. The van der Waals surface area contributed by atoms with Crippen molar-refractivity contribution < 1.29 is 4.79 Å². The molecule has 0 aliphatic heterocycles. The summed E-state index contributed by atoms with van der Waals surface area (Å²) >= 11 is 1.66. The molecule has 7 rings (SSSR count). The van der Waals surface area contributed by atoms with E-state index >= 15 is 0 Å². The predicted octanol–water partition coefficient (Wildman–Crippen LogP) is 7.30. The lowest BCUT2D eigenvalue weighted by atomic mass is 9.49. The number of carbonyl (C=O) groups is 1. The van der Waals surface area contributed by atoms with Gasteiger partial charge < -0.3 is 16.0 Å². The fourth-order valence-corrected chi connectivity index (χ4v) is 8.49. The van der Waals surface area contributed by atoms with Crippen molar-refractivity contribution in [2.24, 2.45) is 23.2 Å². The average molecular weight is 512 g/mol. The molecular formula is C32H37N3OS. The number of hydrogen-bond acceptors (Lipinski definition) is 4. The molecule has 3 N–H and O–H groups in total. The first-order chi connectivity index (χ1) is 17.9. The molecule has 0 radical (unpaired) electrons. The summed E-state index contributed by atoms with van der Waals surface area (Å²) in [5.41, 5.74) is 11.3. The minimum atomic E-state index is -0.186. The SMILES string of the molecule is CN(Cc1ccc(/C=C/C(=O)Nc2cc(-c3cccs3)ccc2N)cc1)CC12CC3CC(CC(C3)C1)C2. The van der Waals surface area contributed by atoms with Gasteiger partial charge in [0.2, 0.25) is 5.91 Å². The number of nitrogens with zero attached hydrogens (tertiary/aromatic N) is 1. The lowest BCUT2D eigenvalue weighted by Gasteiger charge is -2.57. The van der Waals surface area contributed by atoms with Gasteiger partial charge in [0, 0.05) is 24.0 Å². The van der Waals surface area contributed by atoms with Crippen LogP contribution < -0.4 is 11.1 Å². The number of amides is 1. The van der Waals surface area contributed by atoms with Crippen molar-refractivity contribution in [3.05, 3.63) is 77.2 Å². The summed E-state index contributed by atoms with van der Waals surface area (Å²) in [5.74, 6) is 2.83. The van der Waals surface area contributed by atoms with Crippen LogP contribution in [-0.2, 0) is 11.3 Å². The Balaban J connectivity index is 1.03. The highest BCUT2D eigenvalue weighted by molar-refractivity contribution is 7.13. The molecule has 0 saturated heterocycles. The molecule has 0 atom stereocenters. The first-order valence-corrected chi connectivity index (χ1v) is 14.5. The van der Waals surface area contributed by atoms with Crippen LogP contribution in [0.3, 0.4) is 0 Å². The number of nitrogen functional groups attached to an aromatic ring is 1. The molecule has 1 heterocycles. The van der Waals surface area contributed by atoms with Gasteiger partial charge in [-0.05, 0) is 115 Å². The zero-order valence-electron chi connectivity index (χ0n) is 21.7. The van der Waals surface area contributed by atoms with E-state index < -0.39 is 0 Å². The predicted molar refractivity (Wildman–Crippen MR) is 155 cm³/mol. The Bertz CT molecular complexity index is 1240. The van der Waals surface area contributed by atoms with Crippen LogP contribution in [0.4, 0.5) is 11.4 Å². The molecule has 192 valence electrons. The van der Waals surface area contributed by atoms with E-state index in [-0.39, 0.29) is 5.91 Å². The normalized spacial score (nSPS) is 26.3. The molecule has 4 fully saturated rings. The van der Waals surface area contributed by atoms with E-state index in [9.17, 15) is 4.79 Å². The van der Waals surface area contributed by atoms with Crippen molar-refractivity contribution in [1.82, 2.24) is 4.90 Å². The van der Waals surface area contributed by atoms with Crippen molar-refractivity contribution in [2.75, 3.05) is 24.6 Å². The molecule has 5 heteroatoms. The van der Waals surface area contributed by atoms with Crippen molar-refractivity contribution in [3.63, 3.8) is 0 Å². The molecule has 3 aromatic rings. The third-order valence-electron chi connectivity index (χ3n) is 8.75. The molecule has 0 unspecified atom stereocenters. The smallest absolute Gasteiger partial charge is 0.248 e. The molecule has 1 aromatic heterocycles. The van der Waals surface area contributed by atoms with Gasteiger partial charge in [-0.25, -0.2) is 0 Å². The number of nitrogens with one attached hydrogen (secondary N) is 1. The molecule has 4 aliphatic rings. The zero-order chi connectivity index (χ0) is 25.4. The second kappa shape index (κ2) is 10.1. The maximum atomic E-state index is 12.6. The molecule has 37 heavy (non-hydrogen) atoms. The van der Waals surface area contributed by atoms with Gasteiger partial charge in [0.25, 0.3) is 0 Å². The summed E-state index contributed by atoms with van der Waals surface area (Å²) in [7, 11) is 2.29. The summed E-state index contributed by atoms with van der Waals surface area (Å²) in [4.78, 5) is 16.3.